The van der Waals surface area contributed by atoms with Gasteiger partial charge < -0.3 is 0 Å². The van der Waals surface area contributed by atoms with Crippen molar-refractivity contribution in [1.29, 1.82) is 0 Å². The Morgan fingerprint density at radius 1 is 0.821 bits per heavy atom. The van der Waals surface area contributed by atoms with Gasteiger partial charge in [-0.15, -0.1) is 0 Å². The molecule has 0 bridgehead atoms. The van der Waals surface area contributed by atoms with Crippen molar-refractivity contribution in [3.8, 4) is 0 Å². The summed E-state index contributed by atoms with van der Waals surface area (Å²) in [6, 6.07) is 14.5. The number of halogens is 2. The first kappa shape index (κ1) is 19.1. The minimum atomic E-state index is -4.09. The lowest BCUT2D eigenvalue weighted by molar-refractivity contribution is 0.516. The van der Waals surface area contributed by atoms with E-state index in [9.17, 15) is 25.6 Å². The molecule has 0 aliphatic carbocycles. The standard InChI is InChI=1S/C19H13F2O4S3/c1-27(22,23)19-13(20)10-12(11-14(19)21)26-15-6-2-4-8-17(15)28(24,25)18-9-5-3-7-16(18)26/h2-11H,1H3/q+1. The average Bonchev–Trinajstić information content (AvgIpc) is 2.60. The van der Waals surface area contributed by atoms with Gasteiger partial charge in [-0.2, -0.15) is 0 Å². The molecule has 0 radical (unpaired) electrons. The first-order chi connectivity index (χ1) is 13.1. The lowest BCUT2D eigenvalue weighted by atomic mass is 10.3. The van der Waals surface area contributed by atoms with Crippen molar-refractivity contribution in [2.45, 2.75) is 29.4 Å². The fourth-order valence-electron chi connectivity index (χ4n) is 3.18. The topological polar surface area (TPSA) is 68.3 Å². The summed E-state index contributed by atoms with van der Waals surface area (Å²) in [5.41, 5.74) is 0. The fraction of sp³-hybridized carbons (Fsp3) is 0.0526. The SMILES string of the molecule is CS(=O)(=O)c1c(F)cc([S+]2c3ccccc3S(=O)(=O)c3ccccc32)cc1F. The zero-order chi connectivity index (χ0) is 20.3. The summed E-state index contributed by atoms with van der Waals surface area (Å²) < 4.78 is 78.4. The quantitative estimate of drug-likeness (QED) is 0.448. The molecule has 0 aromatic heterocycles. The van der Waals surface area contributed by atoms with Crippen molar-refractivity contribution in [1.82, 2.24) is 0 Å². The summed E-state index contributed by atoms with van der Waals surface area (Å²) in [5.74, 6) is -2.40. The number of fused-ring (bicyclic) bond motifs is 2. The van der Waals surface area contributed by atoms with E-state index in [-0.39, 0.29) is 14.7 Å². The number of rotatable bonds is 2. The van der Waals surface area contributed by atoms with Crippen LogP contribution in [0.4, 0.5) is 8.78 Å². The summed E-state index contributed by atoms with van der Waals surface area (Å²) in [6.45, 7) is 0. The van der Waals surface area contributed by atoms with Gasteiger partial charge in [-0.3, -0.25) is 0 Å². The second-order valence-corrected chi connectivity index (χ2v) is 12.0. The van der Waals surface area contributed by atoms with Gasteiger partial charge in [0.25, 0.3) is 0 Å². The van der Waals surface area contributed by atoms with Crippen molar-refractivity contribution in [3.05, 3.63) is 72.3 Å². The molecule has 9 heteroatoms. The Morgan fingerprint density at radius 2 is 1.25 bits per heavy atom. The van der Waals surface area contributed by atoms with Crippen molar-refractivity contribution in [2.24, 2.45) is 0 Å². The molecular weight excluding hydrogens is 426 g/mol. The highest BCUT2D eigenvalue weighted by Crippen LogP contribution is 2.45. The Hall–Kier alpha value is -2.23. The second kappa shape index (κ2) is 6.40. The highest BCUT2D eigenvalue weighted by atomic mass is 32.2. The molecule has 0 atom stereocenters. The van der Waals surface area contributed by atoms with E-state index in [1.54, 1.807) is 36.4 Å². The third-order valence-corrected chi connectivity index (χ3v) is 9.85. The van der Waals surface area contributed by atoms with E-state index in [0.717, 1.165) is 18.4 Å². The number of benzene rings is 3. The van der Waals surface area contributed by atoms with E-state index in [0.29, 0.717) is 9.79 Å². The molecule has 4 rings (SSSR count). The largest absolute Gasteiger partial charge is 0.224 e. The van der Waals surface area contributed by atoms with Crippen LogP contribution in [0.1, 0.15) is 0 Å². The van der Waals surface area contributed by atoms with Crippen LogP contribution in [-0.4, -0.2) is 23.1 Å². The third-order valence-electron chi connectivity index (χ3n) is 4.30. The Balaban J connectivity index is 2.05. The summed E-state index contributed by atoms with van der Waals surface area (Å²) in [4.78, 5) is 0.137. The zero-order valence-electron chi connectivity index (χ0n) is 14.4. The normalized spacial score (nSPS) is 15.7. The van der Waals surface area contributed by atoms with Gasteiger partial charge in [0.15, 0.2) is 24.5 Å². The summed E-state index contributed by atoms with van der Waals surface area (Å²) >= 11 is 0. The van der Waals surface area contributed by atoms with Crippen LogP contribution < -0.4 is 0 Å². The van der Waals surface area contributed by atoms with Crippen LogP contribution in [0.3, 0.4) is 0 Å². The number of hydrogen-bond donors (Lipinski definition) is 0. The second-order valence-electron chi connectivity index (χ2n) is 6.19. The summed E-state index contributed by atoms with van der Waals surface area (Å²) in [7, 11) is -8.98. The van der Waals surface area contributed by atoms with Crippen LogP contribution in [0.5, 0.6) is 0 Å². The fourth-order valence-corrected chi connectivity index (χ4v) is 8.74. The van der Waals surface area contributed by atoms with Crippen molar-refractivity contribution in [2.75, 3.05) is 6.26 Å². The lowest BCUT2D eigenvalue weighted by Crippen LogP contribution is -2.20. The molecule has 3 aromatic carbocycles. The molecule has 1 aliphatic rings. The molecular formula is C19H13F2O4S3+. The van der Waals surface area contributed by atoms with E-state index >= 15 is 0 Å². The first-order valence-electron chi connectivity index (χ1n) is 7.99. The molecule has 0 N–H and O–H groups in total. The molecule has 0 fully saturated rings. The van der Waals surface area contributed by atoms with E-state index in [1.165, 1.54) is 12.1 Å². The maximum Gasteiger partial charge on any atom is 0.216 e. The Labute approximate surface area is 164 Å². The molecule has 0 unspecified atom stereocenters. The molecule has 0 amide bonds. The van der Waals surface area contributed by atoms with Gasteiger partial charge in [-0.1, -0.05) is 24.3 Å². The zero-order valence-corrected chi connectivity index (χ0v) is 16.8. The first-order valence-corrected chi connectivity index (χ1v) is 12.6. The third kappa shape index (κ3) is 2.85. The molecule has 0 spiro atoms. The molecule has 144 valence electrons. The predicted molar refractivity (Wildman–Crippen MR) is 100.0 cm³/mol. The molecule has 4 nitrogen and oxygen atoms in total. The van der Waals surface area contributed by atoms with Crippen LogP contribution in [0, 0.1) is 11.6 Å². The Kier molecular flexibility index (Phi) is 4.36. The van der Waals surface area contributed by atoms with Crippen LogP contribution in [-0.2, 0) is 30.6 Å². The molecule has 0 saturated heterocycles. The number of sulfone groups is 2. The monoisotopic (exact) mass is 439 g/mol. The number of hydrogen-bond acceptors (Lipinski definition) is 4. The van der Waals surface area contributed by atoms with Crippen molar-refractivity contribution in [3.63, 3.8) is 0 Å². The lowest BCUT2D eigenvalue weighted by Gasteiger charge is -2.19. The van der Waals surface area contributed by atoms with Gasteiger partial charge in [0, 0.05) is 18.4 Å². The molecule has 1 aliphatic heterocycles. The summed E-state index contributed by atoms with van der Waals surface area (Å²) in [5, 5.41) is 0. The maximum absolute atomic E-state index is 14.5. The van der Waals surface area contributed by atoms with Gasteiger partial charge in [-0.05, 0) is 24.3 Å². The Morgan fingerprint density at radius 3 is 1.68 bits per heavy atom. The van der Waals surface area contributed by atoms with Crippen LogP contribution in [0.2, 0.25) is 0 Å². The van der Waals surface area contributed by atoms with E-state index in [2.05, 4.69) is 0 Å². The van der Waals surface area contributed by atoms with Crippen molar-refractivity contribution >= 4 is 30.6 Å². The molecule has 28 heavy (non-hydrogen) atoms. The van der Waals surface area contributed by atoms with E-state index < -0.39 is 47.1 Å². The molecule has 0 saturated carbocycles. The highest BCUT2D eigenvalue weighted by molar-refractivity contribution is 8.00. The molecule has 3 aromatic rings. The van der Waals surface area contributed by atoms with E-state index in [4.69, 9.17) is 0 Å². The average molecular weight is 440 g/mol. The van der Waals surface area contributed by atoms with Crippen LogP contribution in [0.25, 0.3) is 0 Å². The minimum Gasteiger partial charge on any atom is -0.224 e. The summed E-state index contributed by atoms with van der Waals surface area (Å²) in [6.07, 6.45) is 0.730. The predicted octanol–water partition coefficient (Wildman–Crippen LogP) is 3.61. The van der Waals surface area contributed by atoms with E-state index in [1.807, 2.05) is 0 Å². The smallest absolute Gasteiger partial charge is 0.216 e. The van der Waals surface area contributed by atoms with Crippen LogP contribution >= 0.6 is 0 Å². The Bertz CT molecular complexity index is 1260. The van der Waals surface area contributed by atoms with Gasteiger partial charge in [0.1, 0.15) is 37.2 Å². The van der Waals surface area contributed by atoms with Crippen molar-refractivity contribution < 1.29 is 25.6 Å². The van der Waals surface area contributed by atoms with Gasteiger partial charge in [0.2, 0.25) is 9.84 Å². The maximum atomic E-state index is 14.5. The van der Waals surface area contributed by atoms with Gasteiger partial charge in [-0.25, -0.2) is 25.6 Å². The van der Waals surface area contributed by atoms with Gasteiger partial charge >= 0.3 is 0 Å². The molecule has 1 heterocycles. The minimum absolute atomic E-state index is 0.0741. The van der Waals surface area contributed by atoms with Crippen LogP contribution in [0.15, 0.2) is 90.0 Å². The highest BCUT2D eigenvalue weighted by Gasteiger charge is 2.45. The van der Waals surface area contributed by atoms with Gasteiger partial charge in [0.05, 0.1) is 0 Å².